The molecule has 0 aromatic carbocycles. The minimum absolute atomic E-state index is 0.0813. The molecule has 0 aliphatic carbocycles. The fraction of sp³-hybridized carbons (Fsp3) is 0.444. The van der Waals surface area contributed by atoms with Crippen LogP contribution in [0.15, 0.2) is 16.5 Å². The number of carbonyl (C=O) groups excluding carboxylic acids is 1. The Morgan fingerprint density at radius 3 is 2.69 bits per heavy atom. The van der Waals surface area contributed by atoms with E-state index in [-0.39, 0.29) is 18.8 Å². The molecule has 1 fully saturated rings. The van der Waals surface area contributed by atoms with Crippen LogP contribution in [-0.2, 0) is 0 Å². The highest BCUT2D eigenvalue weighted by molar-refractivity contribution is 5.92. The van der Waals surface area contributed by atoms with Crippen molar-refractivity contribution in [2.75, 3.05) is 13.1 Å². The van der Waals surface area contributed by atoms with Crippen molar-refractivity contribution in [3.8, 4) is 0 Å². The molecule has 86 valence electrons. The third-order valence-corrected chi connectivity index (χ3v) is 2.33. The zero-order chi connectivity index (χ0) is 11.9. The number of nitrogens with zero attached hydrogens (tertiary/aromatic N) is 2. The van der Waals surface area contributed by atoms with E-state index < -0.39 is 22.3 Å². The van der Waals surface area contributed by atoms with Gasteiger partial charge < -0.3 is 14.4 Å². The smallest absolute Gasteiger partial charge is 0.395 e. The van der Waals surface area contributed by atoms with E-state index in [1.807, 2.05) is 0 Å². The summed E-state index contributed by atoms with van der Waals surface area (Å²) in [6.45, 7) is 2.03. The number of carbonyl (C=O) groups is 1. The molecule has 1 aromatic heterocycles. The second kappa shape index (κ2) is 3.31. The third kappa shape index (κ3) is 1.76. The molecule has 0 radical (unpaired) electrons. The Balaban J connectivity index is 2.08. The molecule has 2 heterocycles. The maximum atomic E-state index is 11.6. The number of hydrogen-bond acceptors (Lipinski definition) is 5. The highest BCUT2D eigenvalue weighted by Crippen LogP contribution is 2.24. The van der Waals surface area contributed by atoms with Gasteiger partial charge in [-0.2, -0.15) is 0 Å². The summed E-state index contributed by atoms with van der Waals surface area (Å²) in [5.41, 5.74) is -0.867. The van der Waals surface area contributed by atoms with Gasteiger partial charge in [0.05, 0.1) is 24.8 Å². The molecule has 0 atom stereocenters. The summed E-state index contributed by atoms with van der Waals surface area (Å²) in [6, 6.07) is 2.39. The van der Waals surface area contributed by atoms with Crippen molar-refractivity contribution in [3.63, 3.8) is 0 Å². The highest BCUT2D eigenvalue weighted by atomic mass is 16.6. The summed E-state index contributed by atoms with van der Waals surface area (Å²) in [5, 5.41) is 19.8. The average molecular weight is 226 g/mol. The molecule has 7 heteroatoms. The summed E-state index contributed by atoms with van der Waals surface area (Å²) in [6.07, 6.45) is 0. The van der Waals surface area contributed by atoms with Crippen molar-refractivity contribution < 1.29 is 19.2 Å². The Bertz CT molecular complexity index is 443. The van der Waals surface area contributed by atoms with Gasteiger partial charge in [-0.3, -0.25) is 14.9 Å². The summed E-state index contributed by atoms with van der Waals surface area (Å²) in [7, 11) is 0. The number of aliphatic hydroxyl groups is 1. The fourth-order valence-corrected chi connectivity index (χ4v) is 1.62. The Hall–Kier alpha value is -1.89. The van der Waals surface area contributed by atoms with Crippen LogP contribution in [0.25, 0.3) is 0 Å². The standard InChI is InChI=1S/C9H10N2O5/c1-9(13)4-10(5-9)8(12)6-2-3-7(16-6)11(14)15/h2-3,13H,4-5H2,1H3. The summed E-state index contributed by atoms with van der Waals surface area (Å²) in [5.74, 6) is -0.988. The Labute approximate surface area is 90.4 Å². The van der Waals surface area contributed by atoms with Crippen LogP contribution in [0.1, 0.15) is 17.5 Å². The first-order valence-electron chi connectivity index (χ1n) is 4.65. The topological polar surface area (TPSA) is 96.8 Å². The van der Waals surface area contributed by atoms with Crippen LogP contribution in [0.5, 0.6) is 0 Å². The molecule has 0 bridgehead atoms. The maximum absolute atomic E-state index is 11.6. The first-order chi connectivity index (χ1) is 7.39. The molecule has 1 N–H and O–H groups in total. The molecule has 1 aliphatic heterocycles. The first kappa shape index (κ1) is 10.6. The molecule has 1 aromatic rings. The maximum Gasteiger partial charge on any atom is 0.433 e. The normalized spacial score (nSPS) is 18.0. The van der Waals surface area contributed by atoms with Crippen molar-refractivity contribution >= 4 is 11.8 Å². The van der Waals surface area contributed by atoms with E-state index in [4.69, 9.17) is 4.42 Å². The number of hydrogen-bond donors (Lipinski definition) is 1. The number of furan rings is 1. The summed E-state index contributed by atoms with van der Waals surface area (Å²) >= 11 is 0. The summed E-state index contributed by atoms with van der Waals surface area (Å²) < 4.78 is 4.76. The SMILES string of the molecule is CC1(O)CN(C(=O)c2ccc([N+](=O)[O-])o2)C1. The lowest BCUT2D eigenvalue weighted by atomic mass is 9.97. The molecule has 2 rings (SSSR count). The Kier molecular flexibility index (Phi) is 2.20. The van der Waals surface area contributed by atoms with E-state index in [9.17, 15) is 20.0 Å². The summed E-state index contributed by atoms with van der Waals surface area (Å²) in [4.78, 5) is 22.6. The lowest BCUT2D eigenvalue weighted by molar-refractivity contribution is -0.402. The predicted molar refractivity (Wildman–Crippen MR) is 51.9 cm³/mol. The van der Waals surface area contributed by atoms with Gasteiger partial charge in [0.25, 0.3) is 5.91 Å². The van der Waals surface area contributed by atoms with Crippen LogP contribution in [0.3, 0.4) is 0 Å². The van der Waals surface area contributed by atoms with Crippen LogP contribution < -0.4 is 0 Å². The lowest BCUT2D eigenvalue weighted by Gasteiger charge is -2.43. The van der Waals surface area contributed by atoms with Gasteiger partial charge in [-0.25, -0.2) is 0 Å². The number of β-amino-alcohol motifs (C(OH)–C–C–N with tert-alkyl or cyclic N) is 1. The third-order valence-electron chi connectivity index (χ3n) is 2.33. The molecule has 1 amide bonds. The number of nitro groups is 1. The zero-order valence-corrected chi connectivity index (χ0v) is 8.54. The fourth-order valence-electron chi connectivity index (χ4n) is 1.62. The van der Waals surface area contributed by atoms with Crippen LogP contribution in [0, 0.1) is 10.1 Å². The molecule has 16 heavy (non-hydrogen) atoms. The van der Waals surface area contributed by atoms with E-state index in [1.54, 1.807) is 6.92 Å². The quantitative estimate of drug-likeness (QED) is 0.581. The van der Waals surface area contributed by atoms with E-state index in [2.05, 4.69) is 0 Å². The Morgan fingerprint density at radius 2 is 2.25 bits per heavy atom. The van der Waals surface area contributed by atoms with Gasteiger partial charge in [0.1, 0.15) is 4.92 Å². The van der Waals surface area contributed by atoms with Crippen LogP contribution in [-0.4, -0.2) is 39.5 Å². The number of amides is 1. The van der Waals surface area contributed by atoms with Crippen molar-refractivity contribution in [1.82, 2.24) is 4.90 Å². The van der Waals surface area contributed by atoms with Crippen molar-refractivity contribution in [2.24, 2.45) is 0 Å². The largest absolute Gasteiger partial charge is 0.433 e. The van der Waals surface area contributed by atoms with Gasteiger partial charge in [-0.05, 0) is 13.0 Å². The van der Waals surface area contributed by atoms with Gasteiger partial charge >= 0.3 is 5.88 Å². The molecular weight excluding hydrogens is 216 g/mol. The van der Waals surface area contributed by atoms with Gasteiger partial charge in [0, 0.05) is 0 Å². The zero-order valence-electron chi connectivity index (χ0n) is 8.54. The molecule has 0 spiro atoms. The van der Waals surface area contributed by atoms with E-state index in [0.717, 1.165) is 6.07 Å². The molecule has 0 unspecified atom stereocenters. The Morgan fingerprint density at radius 1 is 1.62 bits per heavy atom. The highest BCUT2D eigenvalue weighted by Gasteiger charge is 2.40. The minimum Gasteiger partial charge on any atom is -0.395 e. The average Bonchev–Trinajstić information content (AvgIpc) is 2.61. The van der Waals surface area contributed by atoms with Crippen LogP contribution in [0.2, 0.25) is 0 Å². The molecular formula is C9H10N2O5. The van der Waals surface area contributed by atoms with E-state index in [0.29, 0.717) is 0 Å². The van der Waals surface area contributed by atoms with E-state index in [1.165, 1.54) is 11.0 Å². The number of likely N-dealkylation sites (tertiary alicyclic amines) is 1. The van der Waals surface area contributed by atoms with Gasteiger partial charge in [0.15, 0.2) is 5.76 Å². The second-order valence-corrected chi connectivity index (χ2v) is 4.05. The number of rotatable bonds is 2. The van der Waals surface area contributed by atoms with Gasteiger partial charge in [0.2, 0.25) is 0 Å². The first-order valence-corrected chi connectivity index (χ1v) is 4.65. The molecule has 1 aliphatic rings. The molecule has 1 saturated heterocycles. The molecule has 0 saturated carbocycles. The van der Waals surface area contributed by atoms with Crippen molar-refractivity contribution in [2.45, 2.75) is 12.5 Å². The van der Waals surface area contributed by atoms with E-state index >= 15 is 0 Å². The van der Waals surface area contributed by atoms with Crippen LogP contribution >= 0.6 is 0 Å². The second-order valence-electron chi connectivity index (χ2n) is 4.05. The van der Waals surface area contributed by atoms with Gasteiger partial charge in [-0.1, -0.05) is 0 Å². The van der Waals surface area contributed by atoms with Crippen LogP contribution in [0.4, 0.5) is 5.88 Å². The monoisotopic (exact) mass is 226 g/mol. The lowest BCUT2D eigenvalue weighted by Crippen LogP contribution is -2.61. The predicted octanol–water partition coefficient (Wildman–Crippen LogP) is 0.395. The van der Waals surface area contributed by atoms with Gasteiger partial charge in [-0.15, -0.1) is 0 Å². The van der Waals surface area contributed by atoms with Crippen molar-refractivity contribution in [1.29, 1.82) is 0 Å². The minimum atomic E-state index is -0.867. The molecule has 7 nitrogen and oxygen atoms in total. The van der Waals surface area contributed by atoms with Crippen molar-refractivity contribution in [3.05, 3.63) is 28.0 Å².